The lowest BCUT2D eigenvalue weighted by atomic mass is 10.1. The fraction of sp³-hybridized carbons (Fsp3) is 0.643. The molecule has 1 amide bonds. The Morgan fingerprint density at radius 1 is 1.41 bits per heavy atom. The average molecular weight is 346 g/mol. The van der Waals surface area contributed by atoms with Crippen LogP contribution in [0.1, 0.15) is 21.5 Å². The van der Waals surface area contributed by atoms with Gasteiger partial charge in [0.15, 0.2) is 0 Å². The highest BCUT2D eigenvalue weighted by Gasteiger charge is 2.34. The Bertz CT molecular complexity index is 625. The summed E-state index contributed by atoms with van der Waals surface area (Å²) in [5, 5.41) is 2.91. The van der Waals surface area contributed by atoms with E-state index in [0.717, 1.165) is 11.3 Å². The molecule has 1 saturated heterocycles. The SMILES string of the molecule is CCc1ccc(C(=O)N[C@@H]2COC[C@H]2CS(=O)(=O)N(C)C)s1. The molecule has 2 atom stereocenters. The van der Waals surface area contributed by atoms with Crippen LogP contribution in [0.5, 0.6) is 0 Å². The number of sulfonamides is 1. The second-order valence-corrected chi connectivity index (χ2v) is 8.95. The molecule has 2 heterocycles. The molecule has 8 heteroatoms. The minimum atomic E-state index is -3.31. The quantitative estimate of drug-likeness (QED) is 0.832. The van der Waals surface area contributed by atoms with Gasteiger partial charge >= 0.3 is 0 Å². The highest BCUT2D eigenvalue weighted by molar-refractivity contribution is 7.89. The highest BCUT2D eigenvalue weighted by Crippen LogP contribution is 2.20. The van der Waals surface area contributed by atoms with Gasteiger partial charge in [0.2, 0.25) is 10.0 Å². The summed E-state index contributed by atoms with van der Waals surface area (Å²) in [6, 6.07) is 3.48. The normalized spacial score (nSPS) is 22.2. The molecule has 0 aromatic carbocycles. The first-order valence-corrected chi connectivity index (χ1v) is 9.63. The zero-order valence-corrected chi connectivity index (χ0v) is 14.7. The first-order chi connectivity index (χ1) is 10.3. The Balaban J connectivity index is 2.00. The van der Waals surface area contributed by atoms with Gasteiger partial charge in [0.05, 0.1) is 29.9 Å². The van der Waals surface area contributed by atoms with Crippen LogP contribution in [-0.4, -0.2) is 57.7 Å². The first-order valence-electron chi connectivity index (χ1n) is 7.21. The van der Waals surface area contributed by atoms with Gasteiger partial charge in [0, 0.05) is 24.9 Å². The third-order valence-electron chi connectivity index (χ3n) is 3.73. The number of hydrogen-bond donors (Lipinski definition) is 1. The molecule has 6 nitrogen and oxygen atoms in total. The average Bonchev–Trinajstić information content (AvgIpc) is 3.08. The van der Waals surface area contributed by atoms with Crippen LogP contribution in [0.25, 0.3) is 0 Å². The molecular weight excluding hydrogens is 324 g/mol. The van der Waals surface area contributed by atoms with Crippen molar-refractivity contribution < 1.29 is 17.9 Å². The van der Waals surface area contributed by atoms with Crippen molar-refractivity contribution >= 4 is 27.3 Å². The van der Waals surface area contributed by atoms with Gasteiger partial charge in [-0.15, -0.1) is 11.3 Å². The van der Waals surface area contributed by atoms with Crippen LogP contribution in [0.4, 0.5) is 0 Å². The van der Waals surface area contributed by atoms with Gasteiger partial charge in [-0.25, -0.2) is 12.7 Å². The van der Waals surface area contributed by atoms with E-state index < -0.39 is 10.0 Å². The second-order valence-electron chi connectivity index (χ2n) is 5.56. The van der Waals surface area contributed by atoms with E-state index in [1.165, 1.54) is 29.7 Å². The molecule has 0 unspecified atom stereocenters. The van der Waals surface area contributed by atoms with Crippen molar-refractivity contribution in [2.45, 2.75) is 19.4 Å². The number of carbonyl (C=O) groups is 1. The zero-order valence-electron chi connectivity index (χ0n) is 13.0. The Labute approximate surface area is 135 Å². The molecule has 1 aliphatic heterocycles. The molecule has 1 aromatic rings. The van der Waals surface area contributed by atoms with E-state index in [4.69, 9.17) is 4.74 Å². The molecule has 0 radical (unpaired) electrons. The van der Waals surface area contributed by atoms with E-state index in [-0.39, 0.29) is 23.6 Å². The maximum Gasteiger partial charge on any atom is 0.261 e. The number of rotatable bonds is 6. The molecule has 0 spiro atoms. The van der Waals surface area contributed by atoms with Crippen LogP contribution in [0.15, 0.2) is 12.1 Å². The molecule has 2 rings (SSSR count). The predicted octanol–water partition coefficient (Wildman–Crippen LogP) is 0.947. The number of aryl methyl sites for hydroxylation is 1. The summed E-state index contributed by atoms with van der Waals surface area (Å²) in [6.45, 7) is 2.74. The number of amides is 1. The molecule has 1 fully saturated rings. The van der Waals surface area contributed by atoms with E-state index in [9.17, 15) is 13.2 Å². The Morgan fingerprint density at radius 2 is 2.14 bits per heavy atom. The topological polar surface area (TPSA) is 75.7 Å². The molecule has 0 bridgehead atoms. The number of ether oxygens (including phenoxy) is 1. The summed E-state index contributed by atoms with van der Waals surface area (Å²) >= 11 is 1.46. The van der Waals surface area contributed by atoms with Gasteiger partial charge < -0.3 is 10.1 Å². The van der Waals surface area contributed by atoms with Gasteiger partial charge in [0.1, 0.15) is 0 Å². The van der Waals surface area contributed by atoms with Gasteiger partial charge in [-0.3, -0.25) is 4.79 Å². The van der Waals surface area contributed by atoms with Crippen molar-refractivity contribution in [3.8, 4) is 0 Å². The lowest BCUT2D eigenvalue weighted by molar-refractivity contribution is 0.0930. The molecular formula is C14H22N2O4S2. The van der Waals surface area contributed by atoms with E-state index in [0.29, 0.717) is 18.1 Å². The van der Waals surface area contributed by atoms with Crippen LogP contribution in [0, 0.1) is 5.92 Å². The van der Waals surface area contributed by atoms with Crippen molar-refractivity contribution in [3.63, 3.8) is 0 Å². The van der Waals surface area contributed by atoms with Crippen molar-refractivity contribution in [2.75, 3.05) is 33.1 Å². The third-order valence-corrected chi connectivity index (χ3v) is 6.92. The van der Waals surface area contributed by atoms with Gasteiger partial charge in [0.25, 0.3) is 5.91 Å². The number of carbonyl (C=O) groups excluding carboxylic acids is 1. The van der Waals surface area contributed by atoms with Gasteiger partial charge in [-0.1, -0.05) is 6.92 Å². The van der Waals surface area contributed by atoms with Gasteiger partial charge in [-0.2, -0.15) is 0 Å². The summed E-state index contributed by atoms with van der Waals surface area (Å²) in [5.41, 5.74) is 0. The largest absolute Gasteiger partial charge is 0.379 e. The molecule has 1 aromatic heterocycles. The van der Waals surface area contributed by atoms with Gasteiger partial charge in [-0.05, 0) is 18.6 Å². The number of nitrogens with zero attached hydrogens (tertiary/aromatic N) is 1. The highest BCUT2D eigenvalue weighted by atomic mass is 32.2. The Morgan fingerprint density at radius 3 is 2.73 bits per heavy atom. The standard InChI is InChI=1S/C14H22N2O4S2/c1-4-11-5-6-13(21-11)14(17)15-12-8-20-7-10(12)9-22(18,19)16(2)3/h5-6,10,12H,4,7-9H2,1-3H3,(H,15,17)/t10-,12+/m0/s1. The number of hydrogen-bond acceptors (Lipinski definition) is 5. The molecule has 22 heavy (non-hydrogen) atoms. The summed E-state index contributed by atoms with van der Waals surface area (Å²) < 4.78 is 30.5. The van der Waals surface area contributed by atoms with E-state index in [2.05, 4.69) is 5.32 Å². The summed E-state index contributed by atoms with van der Waals surface area (Å²) in [6.07, 6.45) is 0.897. The third kappa shape index (κ3) is 4.07. The van der Waals surface area contributed by atoms with E-state index in [1.807, 2.05) is 13.0 Å². The molecule has 1 aliphatic rings. The minimum Gasteiger partial charge on any atom is -0.379 e. The van der Waals surface area contributed by atoms with Crippen LogP contribution in [0.3, 0.4) is 0 Å². The fourth-order valence-electron chi connectivity index (χ4n) is 2.27. The van der Waals surface area contributed by atoms with Crippen molar-refractivity contribution in [1.82, 2.24) is 9.62 Å². The van der Waals surface area contributed by atoms with Crippen LogP contribution >= 0.6 is 11.3 Å². The van der Waals surface area contributed by atoms with Crippen LogP contribution in [-0.2, 0) is 21.2 Å². The predicted molar refractivity (Wildman–Crippen MR) is 86.7 cm³/mol. The Kier molecular flexibility index (Phi) is 5.60. The molecule has 0 aliphatic carbocycles. The number of thiophene rings is 1. The fourth-order valence-corrected chi connectivity index (χ4v) is 4.29. The molecule has 124 valence electrons. The molecule has 1 N–H and O–H groups in total. The monoisotopic (exact) mass is 346 g/mol. The molecule has 0 saturated carbocycles. The lowest BCUT2D eigenvalue weighted by Gasteiger charge is -2.20. The van der Waals surface area contributed by atoms with Crippen LogP contribution < -0.4 is 5.32 Å². The van der Waals surface area contributed by atoms with Crippen molar-refractivity contribution in [1.29, 1.82) is 0 Å². The lowest BCUT2D eigenvalue weighted by Crippen LogP contribution is -2.43. The van der Waals surface area contributed by atoms with E-state index in [1.54, 1.807) is 6.07 Å². The minimum absolute atomic E-state index is 0.0183. The second kappa shape index (κ2) is 7.08. The van der Waals surface area contributed by atoms with Crippen molar-refractivity contribution in [2.24, 2.45) is 5.92 Å². The summed E-state index contributed by atoms with van der Waals surface area (Å²) in [5.74, 6) is -0.398. The van der Waals surface area contributed by atoms with E-state index >= 15 is 0 Å². The maximum atomic E-state index is 12.3. The van der Waals surface area contributed by atoms with Crippen molar-refractivity contribution in [3.05, 3.63) is 21.9 Å². The smallest absolute Gasteiger partial charge is 0.261 e. The van der Waals surface area contributed by atoms with Crippen LogP contribution in [0.2, 0.25) is 0 Å². The Hall–Kier alpha value is -0.960. The summed E-state index contributed by atoms with van der Waals surface area (Å²) in [7, 11) is -0.289. The maximum absolute atomic E-state index is 12.3. The first kappa shape index (κ1) is 17.4. The summed E-state index contributed by atoms with van der Waals surface area (Å²) in [4.78, 5) is 14.1. The zero-order chi connectivity index (χ0) is 16.3. The number of nitrogens with one attached hydrogen (secondary N) is 1.